The van der Waals surface area contributed by atoms with Crippen molar-refractivity contribution in [3.8, 4) is 11.3 Å². The molecule has 0 atom stereocenters. The zero-order valence-electron chi connectivity index (χ0n) is 12.0. The molecule has 6 nitrogen and oxygen atoms in total. The molecule has 1 aliphatic heterocycles. The molecule has 114 valence electrons. The van der Waals surface area contributed by atoms with Gasteiger partial charge in [-0.2, -0.15) is 5.10 Å². The van der Waals surface area contributed by atoms with Crippen LogP contribution in [0.15, 0.2) is 29.2 Å². The first-order chi connectivity index (χ1) is 10.5. The highest BCUT2D eigenvalue weighted by Crippen LogP contribution is 2.39. The molecule has 1 saturated carbocycles. The average Bonchev–Trinajstić information content (AvgIpc) is 3.22. The lowest BCUT2D eigenvalue weighted by Gasteiger charge is -2.17. The van der Waals surface area contributed by atoms with Gasteiger partial charge in [0.1, 0.15) is 0 Å². The number of aryl methyl sites for hydroxylation is 1. The van der Waals surface area contributed by atoms with E-state index in [0.717, 1.165) is 12.8 Å². The van der Waals surface area contributed by atoms with Crippen LogP contribution in [0.3, 0.4) is 0 Å². The summed E-state index contributed by atoms with van der Waals surface area (Å²) in [5.74, 6) is -0.463. The van der Waals surface area contributed by atoms with E-state index in [-0.39, 0.29) is 23.4 Å². The molecule has 1 aromatic carbocycles. The number of hydrogen-bond acceptors (Lipinski definition) is 4. The maximum Gasteiger partial charge on any atom is 0.272 e. The average molecular weight is 317 g/mol. The van der Waals surface area contributed by atoms with Crippen LogP contribution < -0.4 is 5.32 Å². The van der Waals surface area contributed by atoms with Crippen molar-refractivity contribution >= 4 is 15.7 Å². The molecule has 1 aliphatic carbocycles. The summed E-state index contributed by atoms with van der Waals surface area (Å²) in [4.78, 5) is 12.6. The topological polar surface area (TPSA) is 81.1 Å². The van der Waals surface area contributed by atoms with Crippen molar-refractivity contribution in [1.29, 1.82) is 0 Å². The third kappa shape index (κ3) is 1.96. The van der Waals surface area contributed by atoms with Gasteiger partial charge in [0.2, 0.25) is 0 Å². The standard InChI is InChI=1S/C15H15N3O3S/c1-18-14-10-4-2-3-5-12(10)22(20,21)8-11(14)13(17-18)15(19)16-9-6-7-9/h2-5,9H,6-8H2,1H3,(H,16,19). The highest BCUT2D eigenvalue weighted by Gasteiger charge is 2.35. The van der Waals surface area contributed by atoms with E-state index >= 15 is 0 Å². The number of aromatic nitrogens is 2. The SMILES string of the molecule is Cn1nc(C(=O)NC2CC2)c2c1-c1ccccc1S(=O)(=O)C2. The summed E-state index contributed by atoms with van der Waals surface area (Å²) >= 11 is 0. The Labute approximate surface area is 128 Å². The highest BCUT2D eigenvalue weighted by atomic mass is 32.2. The van der Waals surface area contributed by atoms with Gasteiger partial charge < -0.3 is 5.32 Å². The number of fused-ring (bicyclic) bond motifs is 3. The molecular weight excluding hydrogens is 302 g/mol. The summed E-state index contributed by atoms with van der Waals surface area (Å²) in [6.45, 7) is 0. The molecule has 7 heteroatoms. The van der Waals surface area contributed by atoms with Crippen molar-refractivity contribution in [1.82, 2.24) is 15.1 Å². The third-order valence-electron chi connectivity index (χ3n) is 4.08. The number of rotatable bonds is 2. The molecule has 1 amide bonds. The van der Waals surface area contributed by atoms with Crippen molar-refractivity contribution in [3.05, 3.63) is 35.5 Å². The van der Waals surface area contributed by atoms with Crippen LogP contribution in [-0.4, -0.2) is 30.1 Å². The highest BCUT2D eigenvalue weighted by molar-refractivity contribution is 7.90. The molecule has 22 heavy (non-hydrogen) atoms. The van der Waals surface area contributed by atoms with Crippen molar-refractivity contribution in [2.75, 3.05) is 0 Å². The van der Waals surface area contributed by atoms with Gasteiger partial charge in [-0.05, 0) is 18.9 Å². The number of carbonyl (C=O) groups is 1. The fourth-order valence-electron chi connectivity index (χ4n) is 2.91. The fourth-order valence-corrected chi connectivity index (χ4v) is 4.50. The van der Waals surface area contributed by atoms with Crippen molar-refractivity contribution in [3.63, 3.8) is 0 Å². The lowest BCUT2D eigenvalue weighted by Crippen LogP contribution is -2.27. The predicted octanol–water partition coefficient (Wildman–Crippen LogP) is 1.27. The van der Waals surface area contributed by atoms with Gasteiger partial charge in [-0.25, -0.2) is 8.42 Å². The Morgan fingerprint density at radius 2 is 2.05 bits per heavy atom. The summed E-state index contributed by atoms with van der Waals surface area (Å²) in [7, 11) is -1.71. The molecule has 2 heterocycles. The van der Waals surface area contributed by atoms with Crippen molar-refractivity contribution in [2.24, 2.45) is 7.05 Å². The second kappa shape index (κ2) is 4.42. The minimum atomic E-state index is -3.44. The summed E-state index contributed by atoms with van der Waals surface area (Å²) in [5, 5.41) is 7.15. The summed E-state index contributed by atoms with van der Waals surface area (Å²) < 4.78 is 26.6. The Hall–Kier alpha value is -2.15. The van der Waals surface area contributed by atoms with Gasteiger partial charge in [-0.1, -0.05) is 18.2 Å². The lowest BCUT2D eigenvalue weighted by atomic mass is 10.1. The molecule has 1 fully saturated rings. The smallest absolute Gasteiger partial charge is 0.272 e. The van der Waals surface area contributed by atoms with E-state index < -0.39 is 9.84 Å². The second-order valence-electron chi connectivity index (χ2n) is 5.80. The molecule has 0 saturated heterocycles. The van der Waals surface area contributed by atoms with Gasteiger partial charge in [0.15, 0.2) is 15.5 Å². The molecule has 1 aromatic heterocycles. The predicted molar refractivity (Wildman–Crippen MR) is 80.0 cm³/mol. The first-order valence-corrected chi connectivity index (χ1v) is 8.81. The number of sulfone groups is 1. The normalized spacial score (nSPS) is 18.4. The Morgan fingerprint density at radius 1 is 1.32 bits per heavy atom. The van der Waals surface area contributed by atoms with E-state index in [0.29, 0.717) is 21.7 Å². The van der Waals surface area contributed by atoms with E-state index in [9.17, 15) is 13.2 Å². The second-order valence-corrected chi connectivity index (χ2v) is 7.76. The lowest BCUT2D eigenvalue weighted by molar-refractivity contribution is 0.0944. The minimum absolute atomic E-state index is 0.180. The summed E-state index contributed by atoms with van der Waals surface area (Å²) in [6.07, 6.45) is 1.95. The van der Waals surface area contributed by atoms with Gasteiger partial charge in [0.05, 0.1) is 16.3 Å². The van der Waals surface area contributed by atoms with Crippen LogP contribution in [0.1, 0.15) is 28.9 Å². The number of nitrogens with zero attached hydrogens (tertiary/aromatic N) is 2. The van der Waals surface area contributed by atoms with Crippen LogP contribution in [0.25, 0.3) is 11.3 Å². The fraction of sp³-hybridized carbons (Fsp3) is 0.333. The van der Waals surface area contributed by atoms with E-state index in [2.05, 4.69) is 10.4 Å². The molecular formula is C15H15N3O3S. The van der Waals surface area contributed by atoms with Crippen LogP contribution in [0.4, 0.5) is 0 Å². The Bertz CT molecular complexity index is 895. The van der Waals surface area contributed by atoms with E-state index in [1.807, 2.05) is 0 Å². The molecule has 4 rings (SSSR count). The molecule has 0 unspecified atom stereocenters. The molecule has 0 spiro atoms. The summed E-state index contributed by atoms with van der Waals surface area (Å²) in [6, 6.07) is 7.07. The molecule has 0 bridgehead atoms. The number of carbonyl (C=O) groups excluding carboxylic acids is 1. The van der Waals surface area contributed by atoms with Gasteiger partial charge in [-0.15, -0.1) is 0 Å². The zero-order chi connectivity index (χ0) is 15.5. The maximum atomic E-state index is 12.5. The van der Waals surface area contributed by atoms with Crippen LogP contribution in [0.5, 0.6) is 0 Å². The van der Waals surface area contributed by atoms with Gasteiger partial charge in [-0.3, -0.25) is 9.48 Å². The van der Waals surface area contributed by atoms with Crippen molar-refractivity contribution in [2.45, 2.75) is 29.5 Å². The first-order valence-electron chi connectivity index (χ1n) is 7.16. The zero-order valence-corrected chi connectivity index (χ0v) is 12.9. The van der Waals surface area contributed by atoms with E-state index in [4.69, 9.17) is 0 Å². The van der Waals surface area contributed by atoms with Gasteiger partial charge in [0, 0.05) is 24.2 Å². The summed E-state index contributed by atoms with van der Waals surface area (Å²) in [5.41, 5.74) is 2.05. The quantitative estimate of drug-likeness (QED) is 0.904. The van der Waals surface area contributed by atoms with E-state index in [1.54, 1.807) is 36.0 Å². The Kier molecular flexibility index (Phi) is 2.72. The number of amides is 1. The van der Waals surface area contributed by atoms with Gasteiger partial charge in [0.25, 0.3) is 5.91 Å². The van der Waals surface area contributed by atoms with Crippen LogP contribution >= 0.6 is 0 Å². The molecule has 2 aliphatic rings. The Morgan fingerprint density at radius 3 is 2.77 bits per heavy atom. The minimum Gasteiger partial charge on any atom is -0.348 e. The number of benzene rings is 1. The Balaban J connectivity index is 1.91. The first kappa shape index (κ1) is 13.5. The molecule has 2 aromatic rings. The third-order valence-corrected chi connectivity index (χ3v) is 5.78. The molecule has 0 radical (unpaired) electrons. The van der Waals surface area contributed by atoms with E-state index in [1.165, 1.54) is 0 Å². The largest absolute Gasteiger partial charge is 0.348 e. The monoisotopic (exact) mass is 317 g/mol. The van der Waals surface area contributed by atoms with Crippen LogP contribution in [-0.2, 0) is 22.6 Å². The van der Waals surface area contributed by atoms with Crippen LogP contribution in [0.2, 0.25) is 0 Å². The number of nitrogens with one attached hydrogen (secondary N) is 1. The molecule has 1 N–H and O–H groups in total. The maximum absolute atomic E-state index is 12.5. The van der Waals surface area contributed by atoms with Crippen LogP contribution in [0, 0.1) is 0 Å². The van der Waals surface area contributed by atoms with Gasteiger partial charge >= 0.3 is 0 Å². The van der Waals surface area contributed by atoms with Crippen molar-refractivity contribution < 1.29 is 13.2 Å². The number of hydrogen-bond donors (Lipinski definition) is 1.